The lowest BCUT2D eigenvalue weighted by molar-refractivity contribution is -0.138. The number of hydrogen-bond acceptors (Lipinski definition) is 4. The molecule has 1 aliphatic heterocycles. The van der Waals surface area contributed by atoms with Crippen LogP contribution in [0.15, 0.2) is 65.6 Å². The summed E-state index contributed by atoms with van der Waals surface area (Å²) in [6, 6.07) is 15.2. The van der Waals surface area contributed by atoms with Crippen LogP contribution in [0, 0.1) is 19.8 Å². The molecular weight excluding hydrogens is 521 g/mol. The molecule has 1 aromatic heterocycles. The SMILES string of the molecule is Cc1cccc(C)c1-c1cccc(C(CC(=O)O)NC(=O)C(CC(C)C)n2cc(CN3CC[C@@H](F)C3)ccc2=O)c1. The van der Waals surface area contributed by atoms with E-state index in [2.05, 4.69) is 5.32 Å². The summed E-state index contributed by atoms with van der Waals surface area (Å²) in [7, 11) is 0. The fraction of sp³-hybridized carbons (Fsp3) is 0.424. The largest absolute Gasteiger partial charge is 0.481 e. The first-order chi connectivity index (χ1) is 19.5. The molecule has 1 amide bonds. The molecule has 2 unspecified atom stereocenters. The Morgan fingerprint density at radius 1 is 1.07 bits per heavy atom. The summed E-state index contributed by atoms with van der Waals surface area (Å²) in [5.41, 5.74) is 5.42. The van der Waals surface area contributed by atoms with Crippen LogP contribution in [0.25, 0.3) is 11.1 Å². The average molecular weight is 562 g/mol. The van der Waals surface area contributed by atoms with Crippen molar-refractivity contribution in [2.24, 2.45) is 5.92 Å². The number of likely N-dealkylation sites (tertiary alicyclic amines) is 1. The molecule has 41 heavy (non-hydrogen) atoms. The zero-order valence-corrected chi connectivity index (χ0v) is 24.3. The van der Waals surface area contributed by atoms with Gasteiger partial charge in [-0.15, -0.1) is 0 Å². The lowest BCUT2D eigenvalue weighted by Gasteiger charge is -2.26. The second-order valence-corrected chi connectivity index (χ2v) is 11.6. The monoisotopic (exact) mass is 561 g/mol. The Hall–Kier alpha value is -3.78. The van der Waals surface area contributed by atoms with E-state index >= 15 is 0 Å². The van der Waals surface area contributed by atoms with Crippen LogP contribution >= 0.6 is 0 Å². The van der Waals surface area contributed by atoms with Gasteiger partial charge in [0.2, 0.25) is 5.91 Å². The Morgan fingerprint density at radius 3 is 2.41 bits per heavy atom. The minimum absolute atomic E-state index is 0.0949. The highest BCUT2D eigenvalue weighted by atomic mass is 19.1. The lowest BCUT2D eigenvalue weighted by atomic mass is 9.92. The lowest BCUT2D eigenvalue weighted by Crippen LogP contribution is -2.40. The Balaban J connectivity index is 1.64. The number of halogens is 1. The number of aliphatic carboxylic acids is 1. The van der Waals surface area contributed by atoms with E-state index < -0.39 is 30.1 Å². The van der Waals surface area contributed by atoms with Gasteiger partial charge in [-0.3, -0.25) is 19.3 Å². The number of carbonyl (C=O) groups excluding carboxylic acids is 1. The molecule has 2 heterocycles. The van der Waals surface area contributed by atoms with Crippen LogP contribution in [-0.2, 0) is 16.1 Å². The van der Waals surface area contributed by atoms with Gasteiger partial charge in [-0.1, -0.05) is 56.3 Å². The number of alkyl halides is 1. The van der Waals surface area contributed by atoms with Gasteiger partial charge < -0.3 is 15.0 Å². The van der Waals surface area contributed by atoms with Crippen molar-refractivity contribution in [3.05, 3.63) is 93.4 Å². The fourth-order valence-corrected chi connectivity index (χ4v) is 5.74. The molecule has 2 N–H and O–H groups in total. The minimum Gasteiger partial charge on any atom is -0.481 e. The maximum Gasteiger partial charge on any atom is 0.305 e. The van der Waals surface area contributed by atoms with Crippen LogP contribution in [0.2, 0.25) is 0 Å². The highest BCUT2D eigenvalue weighted by Gasteiger charge is 2.28. The van der Waals surface area contributed by atoms with Crippen molar-refractivity contribution in [1.29, 1.82) is 0 Å². The van der Waals surface area contributed by atoms with Gasteiger partial charge in [0, 0.05) is 31.9 Å². The Labute approximate surface area is 241 Å². The maximum atomic E-state index is 13.8. The fourth-order valence-electron chi connectivity index (χ4n) is 5.74. The first kappa shape index (κ1) is 30.2. The van der Waals surface area contributed by atoms with Crippen molar-refractivity contribution < 1.29 is 19.1 Å². The predicted molar refractivity (Wildman–Crippen MR) is 158 cm³/mol. The first-order valence-corrected chi connectivity index (χ1v) is 14.3. The van der Waals surface area contributed by atoms with Gasteiger partial charge in [0.05, 0.1) is 12.5 Å². The highest BCUT2D eigenvalue weighted by molar-refractivity contribution is 5.82. The number of aryl methyl sites for hydroxylation is 2. The van der Waals surface area contributed by atoms with E-state index in [-0.39, 0.29) is 17.9 Å². The average Bonchev–Trinajstić information content (AvgIpc) is 3.32. The molecule has 7 nitrogen and oxygen atoms in total. The smallest absolute Gasteiger partial charge is 0.305 e. The summed E-state index contributed by atoms with van der Waals surface area (Å²) in [5, 5.41) is 12.7. The molecule has 0 aliphatic carbocycles. The van der Waals surface area contributed by atoms with Gasteiger partial charge in [0.25, 0.3) is 5.56 Å². The van der Waals surface area contributed by atoms with Gasteiger partial charge >= 0.3 is 5.97 Å². The number of pyridine rings is 1. The van der Waals surface area contributed by atoms with Crippen LogP contribution in [0.3, 0.4) is 0 Å². The van der Waals surface area contributed by atoms with Crippen molar-refractivity contribution in [2.75, 3.05) is 13.1 Å². The van der Waals surface area contributed by atoms with Crippen molar-refractivity contribution in [2.45, 2.75) is 71.8 Å². The molecule has 1 saturated heterocycles. The van der Waals surface area contributed by atoms with Crippen LogP contribution in [-0.4, -0.2) is 45.7 Å². The Bertz CT molecular complexity index is 1430. The Morgan fingerprint density at radius 2 is 1.78 bits per heavy atom. The summed E-state index contributed by atoms with van der Waals surface area (Å²) in [6.07, 6.45) is 1.43. The standard InChI is InChI=1S/C33H40FN3O4/c1-21(2)15-29(37-19-24(11-12-30(37)38)18-36-14-13-27(34)20-36)33(41)35-28(17-31(39)40)25-9-6-10-26(16-25)32-22(3)7-5-8-23(32)4/h5-12,16,19,21,27-29H,13-15,17-18,20H2,1-4H3,(H,35,41)(H,39,40)/t27-,28?,29?/m1/s1. The summed E-state index contributed by atoms with van der Waals surface area (Å²) < 4.78 is 15.2. The van der Waals surface area contributed by atoms with Gasteiger partial charge in [0.15, 0.2) is 0 Å². The molecule has 0 spiro atoms. The number of amides is 1. The second kappa shape index (κ2) is 13.3. The number of hydrogen-bond donors (Lipinski definition) is 2. The predicted octanol–water partition coefficient (Wildman–Crippen LogP) is 5.60. The third-order valence-corrected chi connectivity index (χ3v) is 7.71. The number of carboxylic acids is 1. The molecule has 2 aromatic carbocycles. The van der Waals surface area contributed by atoms with Crippen LogP contribution in [0.1, 0.15) is 67.4 Å². The van der Waals surface area contributed by atoms with E-state index in [1.807, 2.05) is 75.1 Å². The molecule has 3 atom stereocenters. The van der Waals surface area contributed by atoms with Crippen LogP contribution < -0.4 is 10.9 Å². The molecule has 1 fully saturated rings. The molecule has 1 aliphatic rings. The van der Waals surface area contributed by atoms with E-state index in [1.165, 1.54) is 10.6 Å². The maximum absolute atomic E-state index is 13.8. The van der Waals surface area contributed by atoms with E-state index in [4.69, 9.17) is 0 Å². The Kier molecular flexibility index (Phi) is 9.76. The first-order valence-electron chi connectivity index (χ1n) is 14.3. The third kappa shape index (κ3) is 7.70. The second-order valence-electron chi connectivity index (χ2n) is 11.6. The topological polar surface area (TPSA) is 91.6 Å². The summed E-state index contributed by atoms with van der Waals surface area (Å²) in [6.45, 7) is 9.51. The molecule has 0 saturated carbocycles. The molecule has 8 heteroatoms. The number of aromatic nitrogens is 1. The number of carboxylic acid groups (broad SMARTS) is 1. The number of nitrogens with one attached hydrogen (secondary N) is 1. The number of carbonyl (C=O) groups is 2. The van der Waals surface area contributed by atoms with E-state index in [0.29, 0.717) is 38.0 Å². The van der Waals surface area contributed by atoms with Crippen molar-refractivity contribution >= 4 is 11.9 Å². The quantitative estimate of drug-likeness (QED) is 0.318. The van der Waals surface area contributed by atoms with Gasteiger partial charge in [-0.25, -0.2) is 4.39 Å². The van der Waals surface area contributed by atoms with Crippen molar-refractivity contribution in [3.8, 4) is 11.1 Å². The summed E-state index contributed by atoms with van der Waals surface area (Å²) >= 11 is 0. The third-order valence-electron chi connectivity index (χ3n) is 7.71. The van der Waals surface area contributed by atoms with Crippen molar-refractivity contribution in [3.63, 3.8) is 0 Å². The summed E-state index contributed by atoms with van der Waals surface area (Å²) in [5.74, 6) is -1.35. The number of benzene rings is 2. The van der Waals surface area contributed by atoms with Crippen LogP contribution in [0.4, 0.5) is 4.39 Å². The van der Waals surface area contributed by atoms with E-state index in [0.717, 1.165) is 27.8 Å². The van der Waals surface area contributed by atoms with E-state index in [1.54, 1.807) is 12.3 Å². The molecule has 3 aromatic rings. The molecule has 4 rings (SSSR count). The van der Waals surface area contributed by atoms with Crippen molar-refractivity contribution in [1.82, 2.24) is 14.8 Å². The highest BCUT2D eigenvalue weighted by Crippen LogP contribution is 2.30. The zero-order valence-electron chi connectivity index (χ0n) is 24.3. The number of nitrogens with zero attached hydrogens (tertiary/aromatic N) is 2. The van der Waals surface area contributed by atoms with Gasteiger partial charge in [0.1, 0.15) is 12.2 Å². The minimum atomic E-state index is -1.04. The molecular formula is C33H40FN3O4. The molecule has 218 valence electrons. The van der Waals surface area contributed by atoms with Gasteiger partial charge in [-0.2, -0.15) is 0 Å². The molecule has 0 radical (unpaired) electrons. The summed E-state index contributed by atoms with van der Waals surface area (Å²) in [4.78, 5) is 40.7. The normalized spacial score (nSPS) is 17.0. The number of rotatable bonds is 11. The van der Waals surface area contributed by atoms with Gasteiger partial charge in [-0.05, 0) is 72.1 Å². The molecule has 0 bridgehead atoms. The zero-order chi connectivity index (χ0) is 29.7. The van der Waals surface area contributed by atoms with E-state index in [9.17, 15) is 23.9 Å². The van der Waals surface area contributed by atoms with Crippen LogP contribution in [0.5, 0.6) is 0 Å².